The lowest BCUT2D eigenvalue weighted by Gasteiger charge is -2.26. The van der Waals surface area contributed by atoms with E-state index in [-0.39, 0.29) is 0 Å². The number of hydrogen-bond acceptors (Lipinski definition) is 1. The summed E-state index contributed by atoms with van der Waals surface area (Å²) in [6.45, 7) is 4.41. The maximum absolute atomic E-state index is 6.26. The second-order valence-corrected chi connectivity index (χ2v) is 6.46. The summed E-state index contributed by atoms with van der Waals surface area (Å²) in [6.07, 6.45) is 4.56. The molecule has 0 spiro atoms. The first-order valence-corrected chi connectivity index (χ1v) is 8.26. The molecule has 1 fully saturated rings. The summed E-state index contributed by atoms with van der Waals surface area (Å²) in [7, 11) is 0. The second-order valence-electron chi connectivity index (χ2n) is 6.46. The molecule has 1 saturated carbocycles. The van der Waals surface area contributed by atoms with Crippen LogP contribution in [0.4, 0.5) is 0 Å². The van der Waals surface area contributed by atoms with Crippen LogP contribution in [0.25, 0.3) is 5.57 Å². The molecule has 2 aromatic rings. The predicted molar refractivity (Wildman–Crippen MR) is 94.8 cm³/mol. The fourth-order valence-corrected chi connectivity index (χ4v) is 3.56. The maximum Gasteiger partial charge on any atom is 0.00765 e. The molecule has 1 unspecified atom stereocenters. The van der Waals surface area contributed by atoms with Crippen LogP contribution in [0.2, 0.25) is 0 Å². The fraction of sp³-hybridized carbons (Fsp3) is 0.333. The molecule has 0 radical (unpaired) electrons. The van der Waals surface area contributed by atoms with Crippen molar-refractivity contribution < 1.29 is 0 Å². The normalized spacial score (nSPS) is 18.3. The van der Waals surface area contributed by atoms with E-state index in [1.54, 1.807) is 0 Å². The smallest absolute Gasteiger partial charge is 0.00765 e. The Balaban J connectivity index is 2.21. The van der Waals surface area contributed by atoms with Crippen molar-refractivity contribution in [2.45, 2.75) is 45.6 Å². The molecule has 1 aliphatic rings. The van der Waals surface area contributed by atoms with E-state index in [2.05, 4.69) is 62.4 Å². The van der Waals surface area contributed by atoms with Gasteiger partial charge in [-0.2, -0.15) is 0 Å². The Bertz CT molecular complexity index is 649. The molecular weight excluding hydrogens is 266 g/mol. The average Bonchev–Trinajstić information content (AvgIpc) is 2.51. The summed E-state index contributed by atoms with van der Waals surface area (Å²) < 4.78 is 0. The van der Waals surface area contributed by atoms with Crippen LogP contribution in [0.1, 0.15) is 47.9 Å². The van der Waals surface area contributed by atoms with Gasteiger partial charge < -0.3 is 5.73 Å². The zero-order chi connectivity index (χ0) is 15.5. The molecule has 0 aliphatic heterocycles. The van der Waals surface area contributed by atoms with Gasteiger partial charge in [0.1, 0.15) is 0 Å². The van der Waals surface area contributed by atoms with Gasteiger partial charge in [-0.15, -0.1) is 0 Å². The van der Waals surface area contributed by atoms with Gasteiger partial charge in [-0.3, -0.25) is 0 Å². The molecule has 0 amide bonds. The van der Waals surface area contributed by atoms with Gasteiger partial charge in [-0.1, -0.05) is 54.1 Å². The van der Waals surface area contributed by atoms with Crippen molar-refractivity contribution in [1.82, 2.24) is 0 Å². The molecule has 22 heavy (non-hydrogen) atoms. The molecule has 1 aliphatic carbocycles. The highest BCUT2D eigenvalue weighted by atomic mass is 14.6. The van der Waals surface area contributed by atoms with Crippen LogP contribution >= 0.6 is 0 Å². The molecule has 2 N–H and O–H groups in total. The third-order valence-electron chi connectivity index (χ3n) is 4.74. The quantitative estimate of drug-likeness (QED) is 0.827. The van der Waals surface area contributed by atoms with Crippen molar-refractivity contribution in [1.29, 1.82) is 0 Å². The van der Waals surface area contributed by atoms with Gasteiger partial charge in [0, 0.05) is 6.04 Å². The van der Waals surface area contributed by atoms with Crippen LogP contribution in [-0.4, -0.2) is 6.04 Å². The zero-order valence-electron chi connectivity index (χ0n) is 13.6. The molecule has 0 bridgehead atoms. The summed E-state index contributed by atoms with van der Waals surface area (Å²) >= 11 is 0. The first-order chi connectivity index (χ1) is 10.7. The van der Waals surface area contributed by atoms with Crippen LogP contribution in [-0.2, 0) is 0 Å². The number of aryl methyl sites for hydroxylation is 2. The largest absolute Gasteiger partial charge is 0.327 e. The lowest BCUT2D eigenvalue weighted by atomic mass is 9.81. The summed E-state index contributed by atoms with van der Waals surface area (Å²) in [5.74, 6) is 0. The van der Waals surface area contributed by atoms with E-state index in [1.807, 2.05) is 0 Å². The highest BCUT2D eigenvalue weighted by Gasteiger charge is 2.20. The molecular formula is C21H25N. The number of nitrogens with two attached hydrogens (primary N) is 1. The van der Waals surface area contributed by atoms with E-state index in [4.69, 9.17) is 5.73 Å². The van der Waals surface area contributed by atoms with Crippen molar-refractivity contribution in [3.05, 3.63) is 76.4 Å². The minimum absolute atomic E-state index is 0.312. The topological polar surface area (TPSA) is 26.0 Å². The van der Waals surface area contributed by atoms with Gasteiger partial charge in [0.05, 0.1) is 0 Å². The lowest BCUT2D eigenvalue weighted by molar-refractivity contribution is 0.519. The van der Waals surface area contributed by atoms with Crippen LogP contribution in [0.5, 0.6) is 0 Å². The highest BCUT2D eigenvalue weighted by molar-refractivity contribution is 5.85. The molecule has 3 rings (SSSR count). The Morgan fingerprint density at radius 1 is 0.909 bits per heavy atom. The Morgan fingerprint density at radius 3 is 1.95 bits per heavy atom. The maximum atomic E-state index is 6.26. The van der Waals surface area contributed by atoms with E-state index < -0.39 is 0 Å². The SMILES string of the molecule is Cc1ccccc1C(=C1CCCC(N)C1)c1ccccc1C. The van der Waals surface area contributed by atoms with Gasteiger partial charge in [0.25, 0.3) is 0 Å². The van der Waals surface area contributed by atoms with E-state index in [9.17, 15) is 0 Å². The molecule has 0 aromatic heterocycles. The molecule has 2 aromatic carbocycles. The minimum atomic E-state index is 0.312. The molecule has 1 heteroatoms. The van der Waals surface area contributed by atoms with Gasteiger partial charge in [-0.05, 0) is 67.4 Å². The molecule has 0 saturated heterocycles. The first kappa shape index (κ1) is 15.1. The van der Waals surface area contributed by atoms with E-state index in [1.165, 1.54) is 46.2 Å². The summed E-state index contributed by atoms with van der Waals surface area (Å²) in [4.78, 5) is 0. The van der Waals surface area contributed by atoms with Crippen LogP contribution in [0.15, 0.2) is 54.1 Å². The third-order valence-corrected chi connectivity index (χ3v) is 4.74. The first-order valence-electron chi connectivity index (χ1n) is 8.26. The Hall–Kier alpha value is -1.86. The van der Waals surface area contributed by atoms with Crippen molar-refractivity contribution in [3.63, 3.8) is 0 Å². The fourth-order valence-electron chi connectivity index (χ4n) is 3.56. The van der Waals surface area contributed by atoms with Crippen molar-refractivity contribution >= 4 is 5.57 Å². The van der Waals surface area contributed by atoms with Crippen molar-refractivity contribution in [3.8, 4) is 0 Å². The van der Waals surface area contributed by atoms with Gasteiger partial charge >= 0.3 is 0 Å². The van der Waals surface area contributed by atoms with E-state index in [0.29, 0.717) is 6.04 Å². The summed E-state index contributed by atoms with van der Waals surface area (Å²) in [5.41, 5.74) is 14.6. The lowest BCUT2D eigenvalue weighted by Crippen LogP contribution is -2.24. The molecule has 114 valence electrons. The number of rotatable bonds is 2. The minimum Gasteiger partial charge on any atom is -0.327 e. The second kappa shape index (κ2) is 6.50. The molecule has 0 heterocycles. The number of hydrogen-bond donors (Lipinski definition) is 1. The van der Waals surface area contributed by atoms with Gasteiger partial charge in [0.15, 0.2) is 0 Å². The van der Waals surface area contributed by atoms with Crippen LogP contribution < -0.4 is 5.73 Å². The van der Waals surface area contributed by atoms with Gasteiger partial charge in [0.2, 0.25) is 0 Å². The standard InChI is InChI=1S/C21H25N/c1-15-8-3-5-12-19(15)21(17-10-7-11-18(22)14-17)20-13-6-4-9-16(20)2/h3-6,8-9,12-13,18H,7,10-11,14,22H2,1-2H3. The third kappa shape index (κ3) is 3.00. The molecule has 1 nitrogen and oxygen atoms in total. The Kier molecular flexibility index (Phi) is 4.44. The van der Waals surface area contributed by atoms with E-state index >= 15 is 0 Å². The summed E-state index contributed by atoms with van der Waals surface area (Å²) in [5, 5.41) is 0. The predicted octanol–water partition coefficient (Wildman–Crippen LogP) is 5.01. The average molecular weight is 291 g/mol. The Morgan fingerprint density at radius 2 is 1.45 bits per heavy atom. The monoisotopic (exact) mass is 291 g/mol. The van der Waals surface area contributed by atoms with Crippen molar-refractivity contribution in [2.75, 3.05) is 0 Å². The number of benzene rings is 2. The van der Waals surface area contributed by atoms with Crippen LogP contribution in [0, 0.1) is 13.8 Å². The Labute approximate surface area is 133 Å². The zero-order valence-corrected chi connectivity index (χ0v) is 13.6. The highest BCUT2D eigenvalue weighted by Crippen LogP contribution is 2.37. The molecule has 1 atom stereocenters. The van der Waals surface area contributed by atoms with E-state index in [0.717, 1.165) is 12.8 Å². The van der Waals surface area contributed by atoms with Crippen LogP contribution in [0.3, 0.4) is 0 Å². The summed E-state index contributed by atoms with van der Waals surface area (Å²) in [6, 6.07) is 17.7. The van der Waals surface area contributed by atoms with Gasteiger partial charge in [-0.25, -0.2) is 0 Å². The van der Waals surface area contributed by atoms with Crippen molar-refractivity contribution in [2.24, 2.45) is 5.73 Å².